The Balaban J connectivity index is 1.84. The van der Waals surface area contributed by atoms with E-state index in [9.17, 15) is 9.59 Å². The zero-order valence-corrected chi connectivity index (χ0v) is 11.3. The number of carbonyl (C=O) groups is 2. The van der Waals surface area contributed by atoms with Crippen molar-refractivity contribution < 1.29 is 14.7 Å². The number of carboxylic acid groups (broad SMARTS) is 1. The molecule has 1 heterocycles. The number of carbonyl (C=O) groups excluding carboxylic acids is 1. The first-order chi connectivity index (χ1) is 10.1. The van der Waals surface area contributed by atoms with Crippen molar-refractivity contribution >= 4 is 12.0 Å². The number of rotatable bonds is 6. The summed E-state index contributed by atoms with van der Waals surface area (Å²) in [4.78, 5) is 22.5. The minimum atomic E-state index is -0.896. The van der Waals surface area contributed by atoms with Crippen molar-refractivity contribution in [2.45, 2.75) is 19.5 Å². The van der Waals surface area contributed by atoms with Gasteiger partial charge in [0.1, 0.15) is 0 Å². The zero-order valence-electron chi connectivity index (χ0n) is 11.3. The monoisotopic (exact) mass is 288 g/mol. The molecule has 4 N–H and O–H groups in total. The van der Waals surface area contributed by atoms with Gasteiger partial charge in [0.05, 0.1) is 12.6 Å². The summed E-state index contributed by atoms with van der Waals surface area (Å²) >= 11 is 0. The quantitative estimate of drug-likeness (QED) is 0.637. The second-order valence-electron chi connectivity index (χ2n) is 4.48. The van der Waals surface area contributed by atoms with Gasteiger partial charge in [0.15, 0.2) is 0 Å². The fourth-order valence-electron chi connectivity index (χ4n) is 1.86. The highest BCUT2D eigenvalue weighted by Crippen LogP contribution is 2.09. The summed E-state index contributed by atoms with van der Waals surface area (Å²) in [5, 5.41) is 20.7. The van der Waals surface area contributed by atoms with Gasteiger partial charge in [-0.1, -0.05) is 24.3 Å². The zero-order chi connectivity index (χ0) is 15.1. The molecule has 0 unspecified atom stereocenters. The first-order valence-corrected chi connectivity index (χ1v) is 6.43. The lowest BCUT2D eigenvalue weighted by Gasteiger charge is -2.10. The van der Waals surface area contributed by atoms with Gasteiger partial charge in [-0.05, 0) is 11.1 Å². The average molecular weight is 288 g/mol. The Bertz CT molecular complexity index is 610. The molecule has 0 aliphatic rings. The molecule has 0 bridgehead atoms. The second kappa shape index (κ2) is 7.09. The van der Waals surface area contributed by atoms with Gasteiger partial charge in [-0.15, -0.1) is 0 Å². The molecule has 110 valence electrons. The van der Waals surface area contributed by atoms with E-state index >= 15 is 0 Å². The van der Waals surface area contributed by atoms with Gasteiger partial charge in [-0.3, -0.25) is 9.89 Å². The van der Waals surface area contributed by atoms with Gasteiger partial charge in [-0.25, -0.2) is 4.79 Å². The Kier molecular flexibility index (Phi) is 4.92. The van der Waals surface area contributed by atoms with Crippen molar-refractivity contribution in [2.24, 2.45) is 0 Å². The van der Waals surface area contributed by atoms with Gasteiger partial charge in [0, 0.05) is 24.8 Å². The molecule has 0 spiro atoms. The van der Waals surface area contributed by atoms with Crippen molar-refractivity contribution in [2.75, 3.05) is 0 Å². The van der Waals surface area contributed by atoms with E-state index in [1.807, 2.05) is 6.07 Å². The summed E-state index contributed by atoms with van der Waals surface area (Å²) in [5.41, 5.74) is 2.36. The van der Waals surface area contributed by atoms with Crippen molar-refractivity contribution in [3.05, 3.63) is 53.3 Å². The number of hydrogen-bond donors (Lipinski definition) is 4. The third-order valence-corrected chi connectivity index (χ3v) is 2.91. The number of amides is 2. The van der Waals surface area contributed by atoms with Crippen LogP contribution in [0.25, 0.3) is 0 Å². The molecule has 0 saturated carbocycles. The van der Waals surface area contributed by atoms with Gasteiger partial charge in [-0.2, -0.15) is 5.10 Å². The number of carboxylic acids is 1. The molecule has 1 aromatic heterocycles. The smallest absolute Gasteiger partial charge is 0.315 e. The summed E-state index contributed by atoms with van der Waals surface area (Å²) in [7, 11) is 0. The lowest BCUT2D eigenvalue weighted by molar-refractivity contribution is -0.136. The standard InChI is InChI=1S/C14H16N4O3/c19-13(20)5-11-3-1-2-4-12(11)9-16-14(21)15-6-10-7-17-18-8-10/h1-4,7-8H,5-6,9H2,(H,17,18)(H,19,20)(H2,15,16,21). The molecule has 2 rings (SSSR count). The largest absolute Gasteiger partial charge is 0.481 e. The minimum Gasteiger partial charge on any atom is -0.481 e. The average Bonchev–Trinajstić information content (AvgIpc) is 2.97. The van der Waals surface area contributed by atoms with Crippen molar-refractivity contribution in [1.82, 2.24) is 20.8 Å². The van der Waals surface area contributed by atoms with Gasteiger partial charge >= 0.3 is 12.0 Å². The Hall–Kier alpha value is -2.83. The summed E-state index contributed by atoms with van der Waals surface area (Å²) in [6.07, 6.45) is 3.26. The van der Waals surface area contributed by atoms with E-state index in [4.69, 9.17) is 5.11 Å². The van der Waals surface area contributed by atoms with Crippen LogP contribution in [0.5, 0.6) is 0 Å². The number of benzene rings is 1. The number of aromatic amines is 1. The first kappa shape index (κ1) is 14.6. The van der Waals surface area contributed by atoms with Crippen LogP contribution >= 0.6 is 0 Å². The van der Waals surface area contributed by atoms with E-state index in [1.54, 1.807) is 30.6 Å². The maximum Gasteiger partial charge on any atom is 0.315 e. The molecule has 0 aliphatic heterocycles. The third-order valence-electron chi connectivity index (χ3n) is 2.91. The third kappa shape index (κ3) is 4.64. The highest BCUT2D eigenvalue weighted by atomic mass is 16.4. The number of nitrogens with one attached hydrogen (secondary N) is 3. The van der Waals surface area contributed by atoms with E-state index in [1.165, 1.54) is 0 Å². The van der Waals surface area contributed by atoms with Gasteiger partial charge < -0.3 is 15.7 Å². The van der Waals surface area contributed by atoms with E-state index in [2.05, 4.69) is 20.8 Å². The van der Waals surface area contributed by atoms with Gasteiger partial charge in [0.2, 0.25) is 0 Å². The molecule has 0 radical (unpaired) electrons. The molecular weight excluding hydrogens is 272 g/mol. The van der Waals surface area contributed by atoms with E-state index in [-0.39, 0.29) is 19.0 Å². The predicted molar refractivity (Wildman–Crippen MR) is 75.4 cm³/mol. The molecule has 1 aromatic carbocycles. The highest BCUT2D eigenvalue weighted by molar-refractivity contribution is 5.74. The van der Waals surface area contributed by atoms with Crippen molar-refractivity contribution in [1.29, 1.82) is 0 Å². The number of aliphatic carboxylic acids is 1. The molecule has 7 heteroatoms. The van der Waals surface area contributed by atoms with Crippen molar-refractivity contribution in [3.8, 4) is 0 Å². The van der Waals surface area contributed by atoms with Crippen LogP contribution in [-0.2, 0) is 24.3 Å². The molecule has 0 fully saturated rings. The Morgan fingerprint density at radius 2 is 1.86 bits per heavy atom. The van der Waals surface area contributed by atoms with Crippen LogP contribution in [0.1, 0.15) is 16.7 Å². The summed E-state index contributed by atoms with van der Waals surface area (Å²) in [6.45, 7) is 0.653. The number of H-pyrrole nitrogens is 1. The molecule has 2 amide bonds. The van der Waals surface area contributed by atoms with Crippen LogP contribution in [0, 0.1) is 0 Å². The van der Waals surface area contributed by atoms with E-state index < -0.39 is 5.97 Å². The topological polar surface area (TPSA) is 107 Å². The Morgan fingerprint density at radius 3 is 2.52 bits per heavy atom. The maximum absolute atomic E-state index is 11.7. The fraction of sp³-hybridized carbons (Fsp3) is 0.214. The summed E-state index contributed by atoms with van der Waals surface area (Å²) in [6, 6.07) is 6.82. The second-order valence-corrected chi connectivity index (χ2v) is 4.48. The van der Waals surface area contributed by atoms with Crippen molar-refractivity contribution in [3.63, 3.8) is 0 Å². The molecule has 2 aromatic rings. The number of aromatic nitrogens is 2. The number of nitrogens with zero attached hydrogens (tertiary/aromatic N) is 1. The first-order valence-electron chi connectivity index (χ1n) is 6.43. The molecule has 0 saturated heterocycles. The highest BCUT2D eigenvalue weighted by Gasteiger charge is 2.07. The lowest BCUT2D eigenvalue weighted by atomic mass is 10.0. The summed E-state index contributed by atoms with van der Waals surface area (Å²) in [5.74, 6) is -0.896. The SMILES string of the molecule is O=C(O)Cc1ccccc1CNC(=O)NCc1cn[nH]c1. The predicted octanol–water partition coefficient (Wildman–Crippen LogP) is 1.04. The number of hydrogen-bond acceptors (Lipinski definition) is 3. The van der Waals surface area contributed by atoms with Crippen LogP contribution in [-0.4, -0.2) is 27.3 Å². The van der Waals surface area contributed by atoms with Crippen LogP contribution < -0.4 is 10.6 Å². The van der Waals surface area contributed by atoms with Crippen LogP contribution in [0.2, 0.25) is 0 Å². The van der Waals surface area contributed by atoms with E-state index in [0.717, 1.165) is 11.1 Å². The van der Waals surface area contributed by atoms with E-state index in [0.29, 0.717) is 12.1 Å². The Morgan fingerprint density at radius 1 is 1.14 bits per heavy atom. The van der Waals surface area contributed by atoms with Crippen LogP contribution in [0.3, 0.4) is 0 Å². The molecule has 7 nitrogen and oxygen atoms in total. The molecular formula is C14H16N4O3. The normalized spacial score (nSPS) is 10.1. The summed E-state index contributed by atoms with van der Waals surface area (Å²) < 4.78 is 0. The molecule has 0 atom stereocenters. The minimum absolute atomic E-state index is 0.0610. The Labute approximate surface area is 121 Å². The van der Waals surface area contributed by atoms with Gasteiger partial charge in [0.25, 0.3) is 0 Å². The molecule has 0 aliphatic carbocycles. The van der Waals surface area contributed by atoms with Crippen LogP contribution in [0.15, 0.2) is 36.7 Å². The maximum atomic E-state index is 11.7. The molecule has 21 heavy (non-hydrogen) atoms. The lowest BCUT2D eigenvalue weighted by Crippen LogP contribution is -2.34. The number of urea groups is 1. The van der Waals surface area contributed by atoms with Crippen LogP contribution in [0.4, 0.5) is 4.79 Å². The fourth-order valence-corrected chi connectivity index (χ4v) is 1.86.